The summed E-state index contributed by atoms with van der Waals surface area (Å²) < 4.78 is 5.45. The maximum Gasteiger partial charge on any atom is 0.213 e. The number of hydrogen-bond donors (Lipinski definition) is 1. The summed E-state index contributed by atoms with van der Waals surface area (Å²) in [5, 5.41) is 3.82. The summed E-state index contributed by atoms with van der Waals surface area (Å²) in [5.74, 6) is 1.51. The molecule has 92 valence electrons. The van der Waals surface area contributed by atoms with Gasteiger partial charge in [-0.2, -0.15) is 0 Å². The minimum absolute atomic E-state index is 0.543. The molecule has 1 aliphatic heterocycles. The number of aromatic nitrogens is 1. The summed E-state index contributed by atoms with van der Waals surface area (Å²) in [4.78, 5) is 10.4. The van der Waals surface area contributed by atoms with Gasteiger partial charge in [-0.15, -0.1) is 0 Å². The van der Waals surface area contributed by atoms with Crippen LogP contribution in [-0.4, -0.2) is 49.1 Å². The third-order valence-electron chi connectivity index (χ3n) is 2.39. The Morgan fingerprint density at radius 1 is 1.53 bits per heavy atom. The molecule has 1 aliphatic rings. The number of aliphatic imine (C=N–C) groups is 1. The van der Waals surface area contributed by atoms with Gasteiger partial charge < -0.3 is 15.0 Å². The van der Waals surface area contributed by atoms with E-state index < -0.39 is 0 Å². The van der Waals surface area contributed by atoms with Gasteiger partial charge in [0.25, 0.3) is 0 Å². The van der Waals surface area contributed by atoms with E-state index in [-0.39, 0.29) is 0 Å². The minimum atomic E-state index is 0.543. The van der Waals surface area contributed by atoms with Gasteiger partial charge in [0.15, 0.2) is 5.96 Å². The van der Waals surface area contributed by atoms with Crippen LogP contribution in [0.25, 0.3) is 0 Å². The lowest BCUT2D eigenvalue weighted by Crippen LogP contribution is -2.37. The summed E-state index contributed by atoms with van der Waals surface area (Å²) >= 11 is 5.72. The summed E-state index contributed by atoms with van der Waals surface area (Å²) in [7, 11) is 2.01. The van der Waals surface area contributed by atoms with Gasteiger partial charge in [-0.3, -0.25) is 4.99 Å². The van der Waals surface area contributed by atoms with Gasteiger partial charge in [-0.05, 0) is 6.07 Å². The van der Waals surface area contributed by atoms with Gasteiger partial charge in [0, 0.05) is 25.9 Å². The highest BCUT2D eigenvalue weighted by molar-refractivity contribution is 6.30. The number of hydrogen-bond acceptors (Lipinski definition) is 5. The molecule has 0 amide bonds. The Morgan fingerprint density at radius 2 is 2.41 bits per heavy atom. The maximum absolute atomic E-state index is 5.72. The van der Waals surface area contributed by atoms with E-state index in [1.165, 1.54) is 0 Å². The third kappa shape index (κ3) is 3.49. The van der Waals surface area contributed by atoms with Crippen LogP contribution in [0.5, 0.6) is 5.88 Å². The van der Waals surface area contributed by atoms with Crippen LogP contribution in [0, 0.1) is 0 Å². The Morgan fingerprint density at radius 3 is 3.06 bits per heavy atom. The molecular formula is C11H15ClN4O. The van der Waals surface area contributed by atoms with Gasteiger partial charge >= 0.3 is 0 Å². The zero-order valence-electron chi connectivity index (χ0n) is 9.69. The normalized spacial score (nSPS) is 14.7. The minimum Gasteiger partial charge on any atom is -0.476 e. The molecule has 1 aromatic heterocycles. The molecule has 0 spiro atoms. The molecule has 1 aromatic rings. The average molecular weight is 255 g/mol. The van der Waals surface area contributed by atoms with Crippen LogP contribution in [0.4, 0.5) is 0 Å². The Hall–Kier alpha value is -1.49. The largest absolute Gasteiger partial charge is 0.476 e. The molecule has 0 atom stereocenters. The van der Waals surface area contributed by atoms with Crippen molar-refractivity contribution in [1.29, 1.82) is 0 Å². The number of nitrogens with zero attached hydrogens (tertiary/aromatic N) is 3. The number of halogens is 1. The standard InChI is InChI=1S/C11H15ClN4O/c1-16-6-4-13-11(16)14-5-7-17-10-3-2-9(12)8-15-10/h2-3,8H,4-7H2,1H3,(H,13,14). The lowest BCUT2D eigenvalue weighted by Gasteiger charge is -2.15. The topological polar surface area (TPSA) is 49.8 Å². The molecular weight excluding hydrogens is 240 g/mol. The monoisotopic (exact) mass is 254 g/mol. The second-order valence-electron chi connectivity index (χ2n) is 3.72. The van der Waals surface area contributed by atoms with Crippen molar-refractivity contribution in [3.8, 4) is 5.88 Å². The number of ether oxygens (including phenoxy) is 1. The average Bonchev–Trinajstić information content (AvgIpc) is 2.73. The number of rotatable bonds is 4. The first-order valence-corrected chi connectivity index (χ1v) is 5.87. The molecule has 0 unspecified atom stereocenters. The van der Waals surface area contributed by atoms with E-state index in [4.69, 9.17) is 16.3 Å². The summed E-state index contributed by atoms with van der Waals surface area (Å²) in [6, 6.07) is 3.51. The summed E-state index contributed by atoms with van der Waals surface area (Å²) in [6.45, 7) is 3.08. The molecule has 2 rings (SSSR count). The molecule has 0 bridgehead atoms. The van der Waals surface area contributed by atoms with E-state index in [0.29, 0.717) is 24.1 Å². The smallest absolute Gasteiger partial charge is 0.213 e. The second kappa shape index (κ2) is 5.72. The van der Waals surface area contributed by atoms with Gasteiger partial charge in [-0.1, -0.05) is 11.6 Å². The van der Waals surface area contributed by atoms with Crippen LogP contribution >= 0.6 is 11.6 Å². The molecule has 0 fully saturated rings. The SMILES string of the molecule is CN1CCN=C1NCCOc1ccc(Cl)cn1. The van der Waals surface area contributed by atoms with Crippen LogP contribution in [0.3, 0.4) is 0 Å². The zero-order valence-corrected chi connectivity index (χ0v) is 10.4. The fourth-order valence-corrected chi connectivity index (χ4v) is 1.60. The highest BCUT2D eigenvalue weighted by atomic mass is 35.5. The van der Waals surface area contributed by atoms with Crippen molar-refractivity contribution in [2.24, 2.45) is 4.99 Å². The van der Waals surface area contributed by atoms with Crippen molar-refractivity contribution in [3.05, 3.63) is 23.4 Å². The Bertz CT molecular complexity index is 393. The second-order valence-corrected chi connectivity index (χ2v) is 4.15. The van der Waals surface area contributed by atoms with Crippen molar-refractivity contribution in [3.63, 3.8) is 0 Å². The predicted molar refractivity (Wildman–Crippen MR) is 67.7 cm³/mol. The van der Waals surface area contributed by atoms with Crippen molar-refractivity contribution in [2.45, 2.75) is 0 Å². The highest BCUT2D eigenvalue weighted by Gasteiger charge is 2.10. The quantitative estimate of drug-likeness (QED) is 0.815. The van der Waals surface area contributed by atoms with E-state index in [1.54, 1.807) is 18.3 Å². The molecule has 17 heavy (non-hydrogen) atoms. The number of guanidine groups is 1. The number of likely N-dealkylation sites (N-methyl/N-ethyl adjacent to an activating group) is 1. The molecule has 0 aromatic carbocycles. The first-order valence-electron chi connectivity index (χ1n) is 5.49. The van der Waals surface area contributed by atoms with E-state index >= 15 is 0 Å². The molecule has 0 saturated carbocycles. The fraction of sp³-hybridized carbons (Fsp3) is 0.455. The Kier molecular flexibility index (Phi) is 4.03. The van der Waals surface area contributed by atoms with Crippen molar-refractivity contribution < 1.29 is 4.74 Å². The molecule has 0 saturated heterocycles. The molecule has 2 heterocycles. The summed E-state index contributed by atoms with van der Waals surface area (Å²) in [5.41, 5.74) is 0. The highest BCUT2D eigenvalue weighted by Crippen LogP contribution is 2.10. The molecule has 6 heteroatoms. The molecule has 1 N–H and O–H groups in total. The molecule has 5 nitrogen and oxygen atoms in total. The Labute approximate surface area is 105 Å². The Balaban J connectivity index is 1.68. The van der Waals surface area contributed by atoms with Crippen LogP contribution in [0.15, 0.2) is 23.3 Å². The number of nitrogens with one attached hydrogen (secondary N) is 1. The van der Waals surface area contributed by atoms with E-state index in [9.17, 15) is 0 Å². The van der Waals surface area contributed by atoms with Crippen LogP contribution in [-0.2, 0) is 0 Å². The van der Waals surface area contributed by atoms with Gasteiger partial charge in [0.2, 0.25) is 5.88 Å². The zero-order chi connectivity index (χ0) is 12.1. The first kappa shape index (κ1) is 12.0. The van der Waals surface area contributed by atoms with Crippen LogP contribution < -0.4 is 10.1 Å². The lowest BCUT2D eigenvalue weighted by atomic mass is 10.5. The van der Waals surface area contributed by atoms with Crippen molar-refractivity contribution in [1.82, 2.24) is 15.2 Å². The van der Waals surface area contributed by atoms with Crippen LogP contribution in [0.1, 0.15) is 0 Å². The third-order valence-corrected chi connectivity index (χ3v) is 2.62. The van der Waals surface area contributed by atoms with Crippen molar-refractivity contribution in [2.75, 3.05) is 33.3 Å². The molecule has 0 radical (unpaired) electrons. The molecule has 0 aliphatic carbocycles. The fourth-order valence-electron chi connectivity index (χ4n) is 1.49. The van der Waals surface area contributed by atoms with E-state index in [2.05, 4.69) is 20.2 Å². The van der Waals surface area contributed by atoms with E-state index in [1.807, 2.05) is 7.05 Å². The lowest BCUT2D eigenvalue weighted by molar-refractivity contribution is 0.308. The van der Waals surface area contributed by atoms with E-state index in [0.717, 1.165) is 19.0 Å². The first-order chi connectivity index (χ1) is 8.25. The van der Waals surface area contributed by atoms with Crippen molar-refractivity contribution >= 4 is 17.6 Å². The predicted octanol–water partition coefficient (Wildman–Crippen LogP) is 1.00. The summed E-state index contributed by atoms with van der Waals surface area (Å²) in [6.07, 6.45) is 1.57. The van der Waals surface area contributed by atoms with Gasteiger partial charge in [0.1, 0.15) is 6.61 Å². The van der Waals surface area contributed by atoms with Gasteiger partial charge in [0.05, 0.1) is 18.1 Å². The number of pyridine rings is 1. The van der Waals surface area contributed by atoms with Crippen LogP contribution in [0.2, 0.25) is 5.02 Å². The van der Waals surface area contributed by atoms with Gasteiger partial charge in [-0.25, -0.2) is 4.98 Å². The maximum atomic E-state index is 5.72.